The lowest BCUT2D eigenvalue weighted by molar-refractivity contribution is -0.158. The highest BCUT2D eigenvalue weighted by atomic mass is 19.3. The maximum Gasteiger partial charge on any atom is 0.377 e. The molecular formula is C9H11F2N3O2. The fraction of sp³-hybridized carbons (Fsp3) is 0.556. The fourth-order valence-electron chi connectivity index (χ4n) is 1.49. The number of carbonyl (C=O) groups is 1. The van der Waals surface area contributed by atoms with Gasteiger partial charge in [-0.25, -0.2) is 4.79 Å². The van der Waals surface area contributed by atoms with E-state index in [9.17, 15) is 13.6 Å². The molecule has 0 amide bonds. The van der Waals surface area contributed by atoms with Gasteiger partial charge in [-0.05, 0) is 0 Å². The number of hydrogen-bond donors (Lipinski definition) is 1. The van der Waals surface area contributed by atoms with Crippen LogP contribution in [-0.2, 0) is 16.6 Å². The van der Waals surface area contributed by atoms with Crippen molar-refractivity contribution in [2.24, 2.45) is 7.05 Å². The highest BCUT2D eigenvalue weighted by molar-refractivity contribution is 5.79. The molecule has 1 N–H and O–H groups in total. The molecule has 1 aromatic heterocycles. The molecule has 7 heteroatoms. The lowest BCUT2D eigenvalue weighted by Crippen LogP contribution is -2.22. The Balaban J connectivity index is 1.86. The summed E-state index contributed by atoms with van der Waals surface area (Å²) >= 11 is 0. The molecule has 1 unspecified atom stereocenters. The van der Waals surface area contributed by atoms with Gasteiger partial charge in [0.25, 0.3) is 0 Å². The number of carbonyl (C=O) groups excluding carboxylic acids is 1. The number of rotatable bonds is 3. The topological polar surface area (TPSA) is 56.2 Å². The van der Waals surface area contributed by atoms with Crippen molar-refractivity contribution in [2.75, 3.05) is 11.9 Å². The van der Waals surface area contributed by atoms with Gasteiger partial charge in [0.2, 0.25) is 0 Å². The van der Waals surface area contributed by atoms with Gasteiger partial charge >= 0.3 is 11.9 Å². The molecule has 2 heterocycles. The highest BCUT2D eigenvalue weighted by Crippen LogP contribution is 2.30. The molecule has 0 saturated carbocycles. The van der Waals surface area contributed by atoms with E-state index in [1.807, 2.05) is 0 Å². The van der Waals surface area contributed by atoms with Crippen LogP contribution in [0.5, 0.6) is 0 Å². The second kappa shape index (κ2) is 3.73. The first kappa shape index (κ1) is 10.8. The van der Waals surface area contributed by atoms with Gasteiger partial charge in [-0.3, -0.25) is 4.68 Å². The van der Waals surface area contributed by atoms with E-state index in [0.29, 0.717) is 5.82 Å². The number of ether oxygens (including phenoxy) is 1. The minimum Gasteiger partial charge on any atom is -0.456 e. The molecule has 0 bridgehead atoms. The van der Waals surface area contributed by atoms with E-state index < -0.39 is 24.4 Å². The van der Waals surface area contributed by atoms with Crippen molar-refractivity contribution in [3.63, 3.8) is 0 Å². The molecule has 1 aromatic rings. The summed E-state index contributed by atoms with van der Waals surface area (Å²) in [6.45, 7) is 0.137. The molecule has 0 radical (unpaired) electrons. The van der Waals surface area contributed by atoms with E-state index in [4.69, 9.17) is 0 Å². The molecule has 1 saturated heterocycles. The SMILES string of the molecule is Cn1ccc(NCC2CC(F)(F)C(=O)O2)n1. The zero-order chi connectivity index (χ0) is 11.8. The Labute approximate surface area is 90.4 Å². The number of cyclic esters (lactones) is 1. The number of nitrogens with one attached hydrogen (secondary N) is 1. The fourth-order valence-corrected chi connectivity index (χ4v) is 1.49. The minimum absolute atomic E-state index is 0.137. The average molecular weight is 231 g/mol. The van der Waals surface area contributed by atoms with Crippen molar-refractivity contribution in [1.82, 2.24) is 9.78 Å². The summed E-state index contributed by atoms with van der Waals surface area (Å²) in [5.41, 5.74) is 0. The van der Waals surface area contributed by atoms with Crippen LogP contribution >= 0.6 is 0 Å². The van der Waals surface area contributed by atoms with Gasteiger partial charge in [0.15, 0.2) is 0 Å². The second-order valence-electron chi connectivity index (χ2n) is 3.69. The van der Waals surface area contributed by atoms with Crippen LogP contribution in [-0.4, -0.2) is 34.3 Å². The quantitative estimate of drug-likeness (QED) is 0.781. The van der Waals surface area contributed by atoms with Gasteiger partial charge in [0.05, 0.1) is 13.0 Å². The molecule has 1 aliphatic rings. The Kier molecular flexibility index (Phi) is 2.53. The van der Waals surface area contributed by atoms with Crippen molar-refractivity contribution in [3.05, 3.63) is 12.3 Å². The van der Waals surface area contributed by atoms with Crippen molar-refractivity contribution in [1.29, 1.82) is 0 Å². The standard InChI is InChI=1S/C9H11F2N3O2/c1-14-3-2-7(13-14)12-5-6-4-9(10,11)8(15)16-6/h2-3,6H,4-5H2,1H3,(H,12,13). The predicted molar refractivity (Wildman–Crippen MR) is 51.1 cm³/mol. The summed E-state index contributed by atoms with van der Waals surface area (Å²) in [5, 5.41) is 6.83. The average Bonchev–Trinajstić information content (AvgIpc) is 2.69. The first-order valence-electron chi connectivity index (χ1n) is 4.80. The maximum atomic E-state index is 12.8. The van der Waals surface area contributed by atoms with E-state index in [2.05, 4.69) is 15.2 Å². The summed E-state index contributed by atoms with van der Waals surface area (Å²) in [7, 11) is 1.74. The Bertz CT molecular complexity index is 405. The molecule has 1 aliphatic heterocycles. The summed E-state index contributed by atoms with van der Waals surface area (Å²) < 4.78 is 31.7. The molecule has 0 spiro atoms. The van der Waals surface area contributed by atoms with E-state index in [1.54, 1.807) is 24.0 Å². The van der Waals surface area contributed by atoms with Gasteiger partial charge in [0, 0.05) is 19.3 Å². The van der Waals surface area contributed by atoms with Gasteiger partial charge in [-0.1, -0.05) is 0 Å². The number of anilines is 1. The number of alkyl halides is 2. The van der Waals surface area contributed by atoms with E-state index in [-0.39, 0.29) is 6.54 Å². The van der Waals surface area contributed by atoms with Crippen LogP contribution in [0, 0.1) is 0 Å². The number of hydrogen-bond acceptors (Lipinski definition) is 4. The zero-order valence-corrected chi connectivity index (χ0v) is 8.61. The molecule has 0 aliphatic carbocycles. The molecule has 2 rings (SSSR count). The van der Waals surface area contributed by atoms with Crippen LogP contribution in [0.2, 0.25) is 0 Å². The molecule has 88 valence electrons. The Hall–Kier alpha value is -1.66. The monoisotopic (exact) mass is 231 g/mol. The lowest BCUT2D eigenvalue weighted by Gasteiger charge is -2.08. The minimum atomic E-state index is -3.35. The smallest absolute Gasteiger partial charge is 0.377 e. The third kappa shape index (κ3) is 2.12. The van der Waals surface area contributed by atoms with Crippen molar-refractivity contribution >= 4 is 11.8 Å². The van der Waals surface area contributed by atoms with E-state index >= 15 is 0 Å². The van der Waals surface area contributed by atoms with Crippen molar-refractivity contribution < 1.29 is 18.3 Å². The van der Waals surface area contributed by atoms with Gasteiger partial charge < -0.3 is 10.1 Å². The number of esters is 1. The number of aromatic nitrogens is 2. The van der Waals surface area contributed by atoms with Gasteiger partial charge in [0.1, 0.15) is 11.9 Å². The molecule has 16 heavy (non-hydrogen) atoms. The number of aryl methyl sites for hydroxylation is 1. The predicted octanol–water partition coefficient (Wildman–Crippen LogP) is 0.783. The number of halogens is 2. The van der Waals surface area contributed by atoms with Crippen LogP contribution in [0.4, 0.5) is 14.6 Å². The summed E-state index contributed by atoms with van der Waals surface area (Å²) in [4.78, 5) is 10.7. The van der Waals surface area contributed by atoms with Crippen LogP contribution in [0.1, 0.15) is 6.42 Å². The largest absolute Gasteiger partial charge is 0.456 e. The van der Waals surface area contributed by atoms with Gasteiger partial charge in [-0.15, -0.1) is 0 Å². The lowest BCUT2D eigenvalue weighted by atomic mass is 10.2. The summed E-state index contributed by atoms with van der Waals surface area (Å²) in [5.74, 6) is -4.23. The first-order valence-corrected chi connectivity index (χ1v) is 4.80. The Morgan fingerprint density at radius 1 is 1.75 bits per heavy atom. The zero-order valence-electron chi connectivity index (χ0n) is 8.61. The molecule has 5 nitrogen and oxygen atoms in total. The highest BCUT2D eigenvalue weighted by Gasteiger charge is 2.50. The number of nitrogens with zero attached hydrogens (tertiary/aromatic N) is 2. The van der Waals surface area contributed by atoms with Crippen molar-refractivity contribution in [3.8, 4) is 0 Å². The summed E-state index contributed by atoms with van der Waals surface area (Å²) in [6, 6.07) is 1.70. The van der Waals surface area contributed by atoms with Crippen LogP contribution < -0.4 is 5.32 Å². The Morgan fingerprint density at radius 2 is 2.50 bits per heavy atom. The molecular weight excluding hydrogens is 220 g/mol. The maximum absolute atomic E-state index is 12.8. The van der Waals surface area contributed by atoms with E-state index in [0.717, 1.165) is 0 Å². The normalized spacial score (nSPS) is 23.2. The van der Waals surface area contributed by atoms with Crippen molar-refractivity contribution in [2.45, 2.75) is 18.4 Å². The van der Waals surface area contributed by atoms with Crippen LogP contribution in [0.25, 0.3) is 0 Å². The molecule has 1 fully saturated rings. The summed E-state index contributed by atoms with van der Waals surface area (Å²) in [6.07, 6.45) is 0.341. The van der Waals surface area contributed by atoms with E-state index in [1.165, 1.54) is 0 Å². The molecule has 1 atom stereocenters. The first-order chi connectivity index (χ1) is 7.47. The van der Waals surface area contributed by atoms with Crippen LogP contribution in [0.15, 0.2) is 12.3 Å². The Morgan fingerprint density at radius 3 is 3.00 bits per heavy atom. The third-order valence-corrected chi connectivity index (χ3v) is 2.28. The molecule has 0 aromatic carbocycles. The van der Waals surface area contributed by atoms with Gasteiger partial charge in [-0.2, -0.15) is 13.9 Å². The second-order valence-corrected chi connectivity index (χ2v) is 3.69. The van der Waals surface area contributed by atoms with Crippen LogP contribution in [0.3, 0.4) is 0 Å². The third-order valence-electron chi connectivity index (χ3n) is 2.28.